The van der Waals surface area contributed by atoms with Crippen LogP contribution in [0.1, 0.15) is 58.8 Å². The van der Waals surface area contributed by atoms with Crippen LogP contribution in [0.25, 0.3) is 0 Å². The Balaban J connectivity index is 1.79. The topological polar surface area (TPSA) is 12.0 Å². The fraction of sp³-hybridized carbons (Fsp3) is 1.00. The molecule has 1 heteroatoms. The zero-order valence-corrected chi connectivity index (χ0v) is 10.5. The van der Waals surface area contributed by atoms with Crippen molar-refractivity contribution in [2.24, 2.45) is 17.8 Å². The molecule has 2 rings (SSSR count). The van der Waals surface area contributed by atoms with Gasteiger partial charge in [-0.25, -0.2) is 0 Å². The highest BCUT2D eigenvalue weighted by molar-refractivity contribution is 4.88. The van der Waals surface area contributed by atoms with Crippen molar-refractivity contribution in [3.05, 3.63) is 0 Å². The smallest absolute Gasteiger partial charge is 0.00980 e. The molecule has 0 spiro atoms. The molecule has 0 aromatic carbocycles. The maximum absolute atomic E-state index is 3.80. The van der Waals surface area contributed by atoms with Crippen molar-refractivity contribution in [3.63, 3.8) is 0 Å². The van der Waals surface area contributed by atoms with E-state index in [0.717, 1.165) is 23.8 Å². The molecule has 2 aliphatic carbocycles. The van der Waals surface area contributed by atoms with Crippen molar-refractivity contribution in [1.29, 1.82) is 0 Å². The molecule has 15 heavy (non-hydrogen) atoms. The van der Waals surface area contributed by atoms with Crippen LogP contribution in [-0.2, 0) is 0 Å². The second-order valence-corrected chi connectivity index (χ2v) is 5.92. The van der Waals surface area contributed by atoms with Crippen LogP contribution in [0.3, 0.4) is 0 Å². The lowest BCUT2D eigenvalue weighted by molar-refractivity contribution is 0.322. The maximum atomic E-state index is 3.80. The summed E-state index contributed by atoms with van der Waals surface area (Å²) in [5, 5.41) is 3.80. The summed E-state index contributed by atoms with van der Waals surface area (Å²) in [5.74, 6) is 3.06. The van der Waals surface area contributed by atoms with Crippen molar-refractivity contribution >= 4 is 0 Å². The number of rotatable bonds is 6. The van der Waals surface area contributed by atoms with Gasteiger partial charge in [0.15, 0.2) is 0 Å². The van der Waals surface area contributed by atoms with Crippen LogP contribution in [0, 0.1) is 17.8 Å². The van der Waals surface area contributed by atoms with Gasteiger partial charge in [0.25, 0.3) is 0 Å². The summed E-state index contributed by atoms with van der Waals surface area (Å²) in [5.41, 5.74) is 0. The second kappa shape index (κ2) is 5.34. The second-order valence-electron chi connectivity index (χ2n) is 5.92. The fourth-order valence-corrected chi connectivity index (χ4v) is 3.10. The molecule has 0 aliphatic heterocycles. The molecule has 3 unspecified atom stereocenters. The maximum Gasteiger partial charge on any atom is 0.00980 e. The van der Waals surface area contributed by atoms with Crippen LogP contribution < -0.4 is 5.32 Å². The summed E-state index contributed by atoms with van der Waals surface area (Å²) < 4.78 is 0. The SMILES string of the molecule is CCCNC(CC1CC1)C1CCC(C)C1. The lowest BCUT2D eigenvalue weighted by atomic mass is 9.92. The first-order valence-corrected chi connectivity index (χ1v) is 7.03. The summed E-state index contributed by atoms with van der Waals surface area (Å²) in [6.07, 6.45) is 10.2. The molecule has 0 radical (unpaired) electrons. The van der Waals surface area contributed by atoms with E-state index in [-0.39, 0.29) is 0 Å². The Bertz CT molecular complexity index is 186. The van der Waals surface area contributed by atoms with E-state index in [4.69, 9.17) is 0 Å². The zero-order chi connectivity index (χ0) is 10.7. The predicted molar refractivity (Wildman–Crippen MR) is 65.9 cm³/mol. The summed E-state index contributed by atoms with van der Waals surface area (Å²) in [6, 6.07) is 0.849. The van der Waals surface area contributed by atoms with Gasteiger partial charge in [-0.05, 0) is 50.0 Å². The van der Waals surface area contributed by atoms with Gasteiger partial charge in [-0.2, -0.15) is 0 Å². The number of hydrogen-bond donors (Lipinski definition) is 1. The third-order valence-electron chi connectivity index (χ3n) is 4.25. The monoisotopic (exact) mass is 209 g/mol. The van der Waals surface area contributed by atoms with Crippen molar-refractivity contribution in [2.75, 3.05) is 6.54 Å². The molecule has 0 heterocycles. The molecular weight excluding hydrogens is 182 g/mol. The third-order valence-corrected chi connectivity index (χ3v) is 4.25. The molecule has 88 valence electrons. The van der Waals surface area contributed by atoms with Crippen LogP contribution >= 0.6 is 0 Å². The van der Waals surface area contributed by atoms with E-state index in [1.165, 1.54) is 51.5 Å². The first-order chi connectivity index (χ1) is 7.29. The quantitative estimate of drug-likeness (QED) is 0.705. The highest BCUT2D eigenvalue weighted by Gasteiger charge is 2.32. The minimum absolute atomic E-state index is 0.849. The van der Waals surface area contributed by atoms with E-state index in [1.807, 2.05) is 0 Å². The fourth-order valence-electron chi connectivity index (χ4n) is 3.10. The van der Waals surface area contributed by atoms with E-state index >= 15 is 0 Å². The van der Waals surface area contributed by atoms with Crippen LogP contribution in [-0.4, -0.2) is 12.6 Å². The Hall–Kier alpha value is -0.0400. The molecule has 0 bridgehead atoms. The van der Waals surface area contributed by atoms with Gasteiger partial charge in [-0.15, -0.1) is 0 Å². The van der Waals surface area contributed by atoms with Gasteiger partial charge >= 0.3 is 0 Å². The van der Waals surface area contributed by atoms with Gasteiger partial charge in [0.2, 0.25) is 0 Å². The summed E-state index contributed by atoms with van der Waals surface area (Å²) in [7, 11) is 0. The van der Waals surface area contributed by atoms with E-state index in [9.17, 15) is 0 Å². The molecule has 0 amide bonds. The zero-order valence-electron chi connectivity index (χ0n) is 10.5. The lowest BCUT2D eigenvalue weighted by Crippen LogP contribution is -2.36. The summed E-state index contributed by atoms with van der Waals surface area (Å²) >= 11 is 0. The molecule has 1 N–H and O–H groups in total. The van der Waals surface area contributed by atoms with Crippen molar-refractivity contribution in [3.8, 4) is 0 Å². The summed E-state index contributed by atoms with van der Waals surface area (Å²) in [6.45, 7) is 5.93. The minimum atomic E-state index is 0.849. The summed E-state index contributed by atoms with van der Waals surface area (Å²) in [4.78, 5) is 0. The van der Waals surface area contributed by atoms with Crippen molar-refractivity contribution in [2.45, 2.75) is 64.8 Å². The standard InChI is InChI=1S/C14H27N/c1-3-8-15-14(10-12-5-6-12)13-7-4-11(2)9-13/h11-15H,3-10H2,1-2H3. The molecule has 3 atom stereocenters. The first kappa shape index (κ1) is 11.4. The highest BCUT2D eigenvalue weighted by Crippen LogP contribution is 2.39. The molecule has 2 saturated carbocycles. The van der Waals surface area contributed by atoms with E-state index in [2.05, 4.69) is 19.2 Å². The molecule has 2 aliphatic rings. The van der Waals surface area contributed by atoms with Crippen LogP contribution in [0.4, 0.5) is 0 Å². The van der Waals surface area contributed by atoms with Gasteiger partial charge in [-0.1, -0.05) is 33.1 Å². The Kier molecular flexibility index (Phi) is 4.07. The molecule has 0 aromatic heterocycles. The minimum Gasteiger partial charge on any atom is -0.314 e. The van der Waals surface area contributed by atoms with Gasteiger partial charge < -0.3 is 5.32 Å². The third kappa shape index (κ3) is 3.48. The molecular formula is C14H27N. The van der Waals surface area contributed by atoms with Gasteiger partial charge in [0.1, 0.15) is 0 Å². The average Bonchev–Trinajstić information content (AvgIpc) is 2.94. The molecule has 0 aromatic rings. The lowest BCUT2D eigenvalue weighted by Gasteiger charge is -2.25. The number of nitrogens with one attached hydrogen (secondary N) is 1. The van der Waals surface area contributed by atoms with Crippen LogP contribution in [0.15, 0.2) is 0 Å². The largest absolute Gasteiger partial charge is 0.314 e. The van der Waals surface area contributed by atoms with E-state index in [0.29, 0.717) is 0 Å². The molecule has 2 fully saturated rings. The van der Waals surface area contributed by atoms with Crippen molar-refractivity contribution < 1.29 is 0 Å². The normalized spacial score (nSPS) is 33.2. The van der Waals surface area contributed by atoms with E-state index < -0.39 is 0 Å². The highest BCUT2D eigenvalue weighted by atomic mass is 14.9. The van der Waals surface area contributed by atoms with E-state index in [1.54, 1.807) is 0 Å². The first-order valence-electron chi connectivity index (χ1n) is 7.03. The Morgan fingerprint density at radius 3 is 2.53 bits per heavy atom. The Labute approximate surface area is 95.0 Å². The Morgan fingerprint density at radius 2 is 2.00 bits per heavy atom. The van der Waals surface area contributed by atoms with Gasteiger partial charge in [0, 0.05) is 6.04 Å². The predicted octanol–water partition coefficient (Wildman–Crippen LogP) is 3.59. The Morgan fingerprint density at radius 1 is 1.20 bits per heavy atom. The van der Waals surface area contributed by atoms with Crippen LogP contribution in [0.2, 0.25) is 0 Å². The van der Waals surface area contributed by atoms with Gasteiger partial charge in [-0.3, -0.25) is 0 Å². The number of hydrogen-bond acceptors (Lipinski definition) is 1. The average molecular weight is 209 g/mol. The van der Waals surface area contributed by atoms with Crippen molar-refractivity contribution in [1.82, 2.24) is 5.32 Å². The molecule has 1 nitrogen and oxygen atoms in total. The van der Waals surface area contributed by atoms with Gasteiger partial charge in [0.05, 0.1) is 0 Å². The molecule has 0 saturated heterocycles. The van der Waals surface area contributed by atoms with Crippen LogP contribution in [0.5, 0.6) is 0 Å².